The summed E-state index contributed by atoms with van der Waals surface area (Å²) in [5.74, 6) is 0.550. The molecule has 3 unspecified atom stereocenters. The Labute approximate surface area is 89.2 Å². The highest BCUT2D eigenvalue weighted by molar-refractivity contribution is 8.13. The normalized spacial score (nSPS) is 38.2. The van der Waals surface area contributed by atoms with Gasteiger partial charge in [0.1, 0.15) is 0 Å². The standard InChI is InChI=1S/C9H15ClO3S/c10-14(11,12)6-8-5-7-3-1-2-4-9(7)13-8/h7-9H,1-6H2. The molecular formula is C9H15ClO3S. The van der Waals surface area contributed by atoms with Crippen LogP contribution in [0.1, 0.15) is 32.1 Å². The Morgan fingerprint density at radius 1 is 1.29 bits per heavy atom. The van der Waals surface area contributed by atoms with E-state index in [9.17, 15) is 8.42 Å². The molecule has 5 heteroatoms. The molecule has 3 nitrogen and oxygen atoms in total. The molecule has 2 aliphatic rings. The van der Waals surface area contributed by atoms with E-state index in [-0.39, 0.29) is 11.9 Å². The zero-order valence-corrected chi connectivity index (χ0v) is 9.56. The largest absolute Gasteiger partial charge is 0.374 e. The average molecular weight is 239 g/mol. The second-order valence-electron chi connectivity index (χ2n) is 4.28. The lowest BCUT2D eigenvalue weighted by atomic mass is 9.86. The maximum atomic E-state index is 10.9. The minimum atomic E-state index is -3.40. The molecular weight excluding hydrogens is 224 g/mol. The summed E-state index contributed by atoms with van der Waals surface area (Å²) in [5, 5.41) is 0. The molecule has 1 aliphatic heterocycles. The fraction of sp³-hybridized carbons (Fsp3) is 1.00. The molecule has 82 valence electrons. The van der Waals surface area contributed by atoms with Gasteiger partial charge in [0.15, 0.2) is 0 Å². The molecule has 3 atom stereocenters. The second-order valence-corrected chi connectivity index (χ2v) is 7.10. The van der Waals surface area contributed by atoms with Crippen LogP contribution in [-0.4, -0.2) is 26.4 Å². The van der Waals surface area contributed by atoms with Gasteiger partial charge in [0, 0.05) is 10.7 Å². The van der Waals surface area contributed by atoms with E-state index in [0.29, 0.717) is 12.0 Å². The van der Waals surface area contributed by atoms with Crippen LogP contribution < -0.4 is 0 Å². The van der Waals surface area contributed by atoms with Gasteiger partial charge >= 0.3 is 0 Å². The Kier molecular flexibility index (Phi) is 3.05. The summed E-state index contributed by atoms with van der Waals surface area (Å²) in [7, 11) is 1.80. The predicted octanol–water partition coefficient (Wildman–Crippen LogP) is 1.90. The number of halogens is 1. The van der Waals surface area contributed by atoms with E-state index in [1.54, 1.807) is 0 Å². The van der Waals surface area contributed by atoms with Gasteiger partial charge in [-0.25, -0.2) is 8.42 Å². The third-order valence-electron chi connectivity index (χ3n) is 3.16. The van der Waals surface area contributed by atoms with Gasteiger partial charge in [0.25, 0.3) is 0 Å². The van der Waals surface area contributed by atoms with Crippen LogP contribution in [0.3, 0.4) is 0 Å². The van der Waals surface area contributed by atoms with Crippen LogP contribution in [0, 0.1) is 5.92 Å². The first-order chi connectivity index (χ1) is 6.54. The molecule has 1 aliphatic carbocycles. The molecule has 2 fully saturated rings. The van der Waals surface area contributed by atoms with Gasteiger partial charge in [-0.3, -0.25) is 0 Å². The third kappa shape index (κ3) is 2.61. The minimum absolute atomic E-state index is 0.0262. The van der Waals surface area contributed by atoms with Gasteiger partial charge in [-0.15, -0.1) is 0 Å². The van der Waals surface area contributed by atoms with Gasteiger partial charge in [0.05, 0.1) is 18.0 Å². The Bertz CT molecular complexity index is 287. The van der Waals surface area contributed by atoms with E-state index in [2.05, 4.69) is 0 Å². The van der Waals surface area contributed by atoms with Gasteiger partial charge < -0.3 is 4.74 Å². The van der Waals surface area contributed by atoms with Gasteiger partial charge in [-0.05, 0) is 25.2 Å². The fourth-order valence-corrected chi connectivity index (χ4v) is 3.67. The minimum Gasteiger partial charge on any atom is -0.374 e. The molecule has 0 aromatic carbocycles. The zero-order chi connectivity index (χ0) is 10.2. The van der Waals surface area contributed by atoms with E-state index in [1.807, 2.05) is 0 Å². The maximum absolute atomic E-state index is 10.9. The molecule has 0 amide bonds. The molecule has 14 heavy (non-hydrogen) atoms. The quantitative estimate of drug-likeness (QED) is 0.691. The van der Waals surface area contributed by atoms with Crippen molar-refractivity contribution in [3.63, 3.8) is 0 Å². The predicted molar refractivity (Wildman–Crippen MR) is 54.9 cm³/mol. The molecule has 0 bridgehead atoms. The fourth-order valence-electron chi connectivity index (χ4n) is 2.59. The first-order valence-corrected chi connectivity index (χ1v) is 7.60. The average Bonchev–Trinajstić information content (AvgIpc) is 2.42. The van der Waals surface area contributed by atoms with Crippen LogP contribution in [0.25, 0.3) is 0 Å². The van der Waals surface area contributed by atoms with Crippen molar-refractivity contribution >= 4 is 19.7 Å². The number of fused-ring (bicyclic) bond motifs is 1. The van der Waals surface area contributed by atoms with Gasteiger partial charge in [-0.2, -0.15) is 0 Å². The van der Waals surface area contributed by atoms with E-state index in [1.165, 1.54) is 19.3 Å². The van der Waals surface area contributed by atoms with Crippen LogP contribution in [0.2, 0.25) is 0 Å². The second kappa shape index (κ2) is 3.99. The number of hydrogen-bond acceptors (Lipinski definition) is 3. The summed E-state index contributed by atoms with van der Waals surface area (Å²) in [6, 6.07) is 0. The molecule has 0 aromatic heterocycles. The lowest BCUT2D eigenvalue weighted by Crippen LogP contribution is -2.21. The summed E-state index contributed by atoms with van der Waals surface area (Å²) in [4.78, 5) is 0. The Balaban J connectivity index is 1.93. The summed E-state index contributed by atoms with van der Waals surface area (Å²) in [6.07, 6.45) is 5.74. The lowest BCUT2D eigenvalue weighted by Gasteiger charge is -2.23. The third-order valence-corrected chi connectivity index (χ3v) is 4.31. The van der Waals surface area contributed by atoms with E-state index < -0.39 is 9.05 Å². The monoisotopic (exact) mass is 238 g/mol. The number of ether oxygens (including phenoxy) is 1. The van der Waals surface area contributed by atoms with Crippen molar-refractivity contribution in [1.29, 1.82) is 0 Å². The molecule has 1 heterocycles. The summed E-state index contributed by atoms with van der Waals surface area (Å²) in [5.41, 5.74) is 0. The highest BCUT2D eigenvalue weighted by Crippen LogP contribution is 2.37. The molecule has 2 rings (SSSR count). The van der Waals surface area contributed by atoms with Crippen molar-refractivity contribution in [2.75, 3.05) is 5.75 Å². The SMILES string of the molecule is O=S(=O)(Cl)CC1CC2CCCCC2O1. The van der Waals surface area contributed by atoms with Crippen molar-refractivity contribution in [2.24, 2.45) is 5.92 Å². The van der Waals surface area contributed by atoms with Crippen LogP contribution in [0.4, 0.5) is 0 Å². The van der Waals surface area contributed by atoms with Gasteiger partial charge in [0.2, 0.25) is 9.05 Å². The van der Waals surface area contributed by atoms with E-state index in [0.717, 1.165) is 12.8 Å². The van der Waals surface area contributed by atoms with Crippen LogP contribution >= 0.6 is 10.7 Å². The molecule has 0 aromatic rings. The zero-order valence-electron chi connectivity index (χ0n) is 7.99. The molecule has 0 N–H and O–H groups in total. The van der Waals surface area contributed by atoms with Gasteiger partial charge in [-0.1, -0.05) is 12.8 Å². The number of rotatable bonds is 2. The van der Waals surface area contributed by atoms with Crippen molar-refractivity contribution in [1.82, 2.24) is 0 Å². The van der Waals surface area contributed by atoms with Crippen molar-refractivity contribution in [3.05, 3.63) is 0 Å². The van der Waals surface area contributed by atoms with Crippen LogP contribution in [-0.2, 0) is 13.8 Å². The molecule has 0 radical (unpaired) electrons. The maximum Gasteiger partial charge on any atom is 0.235 e. The Morgan fingerprint density at radius 3 is 2.64 bits per heavy atom. The molecule has 1 saturated heterocycles. The van der Waals surface area contributed by atoms with Crippen molar-refractivity contribution < 1.29 is 13.2 Å². The molecule has 0 spiro atoms. The molecule has 1 saturated carbocycles. The van der Waals surface area contributed by atoms with E-state index in [4.69, 9.17) is 15.4 Å². The highest BCUT2D eigenvalue weighted by Gasteiger charge is 2.37. The number of hydrogen-bond donors (Lipinski definition) is 0. The first kappa shape index (κ1) is 10.7. The first-order valence-electron chi connectivity index (χ1n) is 5.12. The van der Waals surface area contributed by atoms with Crippen LogP contribution in [0.15, 0.2) is 0 Å². The van der Waals surface area contributed by atoms with Crippen molar-refractivity contribution in [2.45, 2.75) is 44.3 Å². The van der Waals surface area contributed by atoms with E-state index >= 15 is 0 Å². The smallest absolute Gasteiger partial charge is 0.235 e. The summed E-state index contributed by atoms with van der Waals surface area (Å²) < 4.78 is 27.4. The Morgan fingerprint density at radius 2 is 2.00 bits per heavy atom. The topological polar surface area (TPSA) is 43.4 Å². The highest BCUT2D eigenvalue weighted by atomic mass is 35.7. The Hall–Kier alpha value is 0.200. The van der Waals surface area contributed by atoms with Crippen molar-refractivity contribution in [3.8, 4) is 0 Å². The summed E-state index contributed by atoms with van der Waals surface area (Å²) in [6.45, 7) is 0. The van der Waals surface area contributed by atoms with Crippen LogP contribution in [0.5, 0.6) is 0 Å². The summed E-state index contributed by atoms with van der Waals surface area (Å²) >= 11 is 0. The lowest BCUT2D eigenvalue weighted by molar-refractivity contribution is 0.0286.